The second kappa shape index (κ2) is 11.6. The largest absolute Gasteiger partial charge is 0.0616 e. The molecule has 0 nitrogen and oxygen atoms in total. The third kappa shape index (κ3) is 4.77. The van der Waals surface area contributed by atoms with E-state index < -0.39 is 0 Å². The molecule has 0 aliphatic rings. The van der Waals surface area contributed by atoms with Gasteiger partial charge in [0.05, 0.1) is 0 Å². The van der Waals surface area contributed by atoms with Crippen molar-refractivity contribution in [3.8, 4) is 44.5 Å². The summed E-state index contributed by atoms with van der Waals surface area (Å²) < 4.78 is 0. The molecule has 0 fully saturated rings. The van der Waals surface area contributed by atoms with Crippen LogP contribution in [0.1, 0.15) is 0 Å². The molecule has 10 aromatic carbocycles. The Morgan fingerprint density at radius 1 is 0.180 bits per heavy atom. The lowest BCUT2D eigenvalue weighted by atomic mass is 9.85. The van der Waals surface area contributed by atoms with Crippen molar-refractivity contribution >= 4 is 53.9 Å². The fourth-order valence-electron chi connectivity index (χ4n) is 7.92. The van der Waals surface area contributed by atoms with E-state index in [1.165, 1.54) is 98.4 Å². The Hall–Kier alpha value is -6.50. The van der Waals surface area contributed by atoms with E-state index in [1.807, 2.05) is 0 Å². The summed E-state index contributed by atoms with van der Waals surface area (Å²) in [4.78, 5) is 0. The number of hydrogen-bond donors (Lipinski definition) is 0. The fraction of sp³-hybridized carbons (Fsp3) is 0. The summed E-state index contributed by atoms with van der Waals surface area (Å²) in [7, 11) is 0. The van der Waals surface area contributed by atoms with Crippen molar-refractivity contribution in [2.24, 2.45) is 0 Å². The highest BCUT2D eigenvalue weighted by Gasteiger charge is 2.17. The first-order chi connectivity index (χ1) is 24.8. The molecule has 0 radical (unpaired) electrons. The molecular formula is C50H32. The van der Waals surface area contributed by atoms with Crippen molar-refractivity contribution in [3.05, 3.63) is 194 Å². The molecule has 0 saturated carbocycles. The van der Waals surface area contributed by atoms with Crippen molar-refractivity contribution in [1.82, 2.24) is 0 Å². The van der Waals surface area contributed by atoms with Gasteiger partial charge in [-0.25, -0.2) is 0 Å². The minimum absolute atomic E-state index is 1.22. The molecule has 50 heavy (non-hydrogen) atoms. The quantitative estimate of drug-likeness (QED) is 0.169. The van der Waals surface area contributed by atoms with E-state index in [2.05, 4.69) is 194 Å². The lowest BCUT2D eigenvalue weighted by Crippen LogP contribution is -1.91. The van der Waals surface area contributed by atoms with E-state index >= 15 is 0 Å². The molecule has 0 atom stereocenters. The first-order valence-electron chi connectivity index (χ1n) is 17.3. The molecule has 10 rings (SSSR count). The fourth-order valence-corrected chi connectivity index (χ4v) is 7.92. The Kier molecular flexibility index (Phi) is 6.60. The van der Waals surface area contributed by atoms with Crippen LogP contribution in [0.15, 0.2) is 194 Å². The third-order valence-corrected chi connectivity index (χ3v) is 10.4. The molecular weight excluding hydrogens is 601 g/mol. The van der Waals surface area contributed by atoms with Gasteiger partial charge in [0.2, 0.25) is 0 Å². The van der Waals surface area contributed by atoms with E-state index in [4.69, 9.17) is 0 Å². The normalized spacial score (nSPS) is 11.6. The lowest BCUT2D eigenvalue weighted by Gasteiger charge is -2.18. The standard InChI is InChI=1S/C50H32/c1-3-12-35-28-39(22-20-33(35)10-1)41-26-25-40-29-38(23-24-42(40)30-41)37-14-9-15-43(32-37)49-45-16-5-7-18-47(45)50(48-19-8-6-17-46(48)49)44-27-21-34-11-2-4-13-36(34)31-44/h1-32H. The van der Waals surface area contributed by atoms with Gasteiger partial charge in [0.25, 0.3) is 0 Å². The van der Waals surface area contributed by atoms with Crippen LogP contribution in [0.4, 0.5) is 0 Å². The zero-order valence-electron chi connectivity index (χ0n) is 27.5. The van der Waals surface area contributed by atoms with Crippen LogP contribution in [-0.4, -0.2) is 0 Å². The molecule has 0 spiro atoms. The minimum Gasteiger partial charge on any atom is -0.0616 e. The van der Waals surface area contributed by atoms with Gasteiger partial charge in [-0.1, -0.05) is 164 Å². The van der Waals surface area contributed by atoms with Crippen molar-refractivity contribution < 1.29 is 0 Å². The van der Waals surface area contributed by atoms with E-state index in [9.17, 15) is 0 Å². The molecule has 0 heterocycles. The maximum absolute atomic E-state index is 2.37. The van der Waals surface area contributed by atoms with Gasteiger partial charge in [-0.2, -0.15) is 0 Å². The highest BCUT2D eigenvalue weighted by atomic mass is 14.2. The highest BCUT2D eigenvalue weighted by Crippen LogP contribution is 2.44. The monoisotopic (exact) mass is 632 g/mol. The highest BCUT2D eigenvalue weighted by molar-refractivity contribution is 6.21. The van der Waals surface area contributed by atoms with Gasteiger partial charge in [0.1, 0.15) is 0 Å². The molecule has 0 aliphatic heterocycles. The Morgan fingerprint density at radius 2 is 0.480 bits per heavy atom. The second-order valence-electron chi connectivity index (χ2n) is 13.3. The summed E-state index contributed by atoms with van der Waals surface area (Å²) in [6, 6.07) is 71.4. The van der Waals surface area contributed by atoms with Gasteiger partial charge < -0.3 is 0 Å². The van der Waals surface area contributed by atoms with Gasteiger partial charge >= 0.3 is 0 Å². The predicted molar refractivity (Wildman–Crippen MR) is 216 cm³/mol. The SMILES string of the molecule is c1cc(-c2ccc3cc(-c4ccc5ccccc5c4)ccc3c2)cc(-c2c3ccccc3c(-c3ccc4ccccc4c3)c3ccccc23)c1. The molecule has 0 heteroatoms. The first-order valence-corrected chi connectivity index (χ1v) is 17.3. The average Bonchev–Trinajstić information content (AvgIpc) is 3.19. The van der Waals surface area contributed by atoms with Gasteiger partial charge in [-0.15, -0.1) is 0 Å². The summed E-state index contributed by atoms with van der Waals surface area (Å²) in [5.74, 6) is 0. The Morgan fingerprint density at radius 3 is 0.960 bits per heavy atom. The van der Waals surface area contributed by atoms with E-state index in [-0.39, 0.29) is 0 Å². The smallest absolute Gasteiger partial charge is 0.00262 e. The minimum atomic E-state index is 1.22. The first kappa shape index (κ1) is 28.5. The van der Waals surface area contributed by atoms with Crippen molar-refractivity contribution in [1.29, 1.82) is 0 Å². The van der Waals surface area contributed by atoms with Crippen LogP contribution in [0, 0.1) is 0 Å². The molecule has 0 aromatic heterocycles. The van der Waals surface area contributed by atoms with Gasteiger partial charge in [-0.05, 0) is 129 Å². The van der Waals surface area contributed by atoms with Gasteiger partial charge in [0, 0.05) is 0 Å². The van der Waals surface area contributed by atoms with Crippen molar-refractivity contribution in [3.63, 3.8) is 0 Å². The summed E-state index contributed by atoms with van der Waals surface area (Å²) >= 11 is 0. The molecule has 0 aliphatic carbocycles. The molecule has 0 unspecified atom stereocenters. The Balaban J connectivity index is 1.09. The van der Waals surface area contributed by atoms with Gasteiger partial charge in [-0.3, -0.25) is 0 Å². The molecule has 0 amide bonds. The number of fused-ring (bicyclic) bond motifs is 5. The Bertz CT molecular complexity index is 2870. The second-order valence-corrected chi connectivity index (χ2v) is 13.3. The average molecular weight is 633 g/mol. The van der Waals surface area contributed by atoms with Crippen LogP contribution in [0.5, 0.6) is 0 Å². The summed E-state index contributed by atoms with van der Waals surface area (Å²) in [5, 5.41) is 12.6. The summed E-state index contributed by atoms with van der Waals surface area (Å²) in [5.41, 5.74) is 9.97. The van der Waals surface area contributed by atoms with Crippen LogP contribution in [0.25, 0.3) is 98.4 Å². The van der Waals surface area contributed by atoms with E-state index in [0.717, 1.165) is 0 Å². The zero-order valence-corrected chi connectivity index (χ0v) is 27.5. The summed E-state index contributed by atoms with van der Waals surface area (Å²) in [6.45, 7) is 0. The maximum atomic E-state index is 2.37. The molecule has 0 saturated heterocycles. The maximum Gasteiger partial charge on any atom is -0.00262 e. The topological polar surface area (TPSA) is 0 Å². The third-order valence-electron chi connectivity index (χ3n) is 10.4. The lowest BCUT2D eigenvalue weighted by molar-refractivity contribution is 1.62. The van der Waals surface area contributed by atoms with Crippen LogP contribution in [0.2, 0.25) is 0 Å². The number of hydrogen-bond acceptors (Lipinski definition) is 0. The van der Waals surface area contributed by atoms with Crippen LogP contribution >= 0.6 is 0 Å². The zero-order chi connectivity index (χ0) is 33.0. The molecule has 232 valence electrons. The number of benzene rings is 10. The Labute approximate surface area is 291 Å². The van der Waals surface area contributed by atoms with Crippen molar-refractivity contribution in [2.45, 2.75) is 0 Å². The summed E-state index contributed by atoms with van der Waals surface area (Å²) in [6.07, 6.45) is 0. The van der Waals surface area contributed by atoms with Crippen LogP contribution < -0.4 is 0 Å². The van der Waals surface area contributed by atoms with Crippen LogP contribution in [0.3, 0.4) is 0 Å². The van der Waals surface area contributed by atoms with E-state index in [0.29, 0.717) is 0 Å². The predicted octanol–water partition coefficient (Wildman–Crippen LogP) is 14.1. The van der Waals surface area contributed by atoms with E-state index in [1.54, 1.807) is 0 Å². The molecule has 10 aromatic rings. The number of rotatable bonds is 4. The van der Waals surface area contributed by atoms with Gasteiger partial charge in [0.15, 0.2) is 0 Å². The molecule has 0 bridgehead atoms. The van der Waals surface area contributed by atoms with Crippen LogP contribution in [-0.2, 0) is 0 Å². The van der Waals surface area contributed by atoms with Crippen molar-refractivity contribution in [2.75, 3.05) is 0 Å². The molecule has 0 N–H and O–H groups in total.